The van der Waals surface area contributed by atoms with Gasteiger partial charge >= 0.3 is 5.97 Å². The number of benzene rings is 1. The summed E-state index contributed by atoms with van der Waals surface area (Å²) in [5.41, 5.74) is 2.26. The first-order valence-electron chi connectivity index (χ1n) is 8.02. The van der Waals surface area contributed by atoms with Gasteiger partial charge in [-0.05, 0) is 38.3 Å². The van der Waals surface area contributed by atoms with Crippen molar-refractivity contribution in [2.45, 2.75) is 70.5 Å². The van der Waals surface area contributed by atoms with Gasteiger partial charge in [-0.15, -0.1) is 11.8 Å². The van der Waals surface area contributed by atoms with Crippen molar-refractivity contribution in [3.05, 3.63) is 35.4 Å². The molecule has 2 rings (SSSR count). The van der Waals surface area contributed by atoms with E-state index in [1.807, 2.05) is 32.5 Å². The van der Waals surface area contributed by atoms with Crippen LogP contribution in [0.15, 0.2) is 24.3 Å². The van der Waals surface area contributed by atoms with Gasteiger partial charge in [0.2, 0.25) is 0 Å². The van der Waals surface area contributed by atoms with Crippen molar-refractivity contribution < 1.29 is 9.53 Å². The molecule has 2 atom stereocenters. The third kappa shape index (κ3) is 4.52. The van der Waals surface area contributed by atoms with Gasteiger partial charge in [0.05, 0.1) is 5.41 Å². The molecule has 0 spiro atoms. The van der Waals surface area contributed by atoms with Crippen LogP contribution in [0.1, 0.15) is 52.7 Å². The topological polar surface area (TPSA) is 26.3 Å². The number of thioether (sulfide) groups is 1. The molecule has 1 aromatic carbocycles. The smallest absolute Gasteiger partial charge is 0.311 e. The first-order chi connectivity index (χ1) is 10.1. The molecule has 2 nitrogen and oxygen atoms in total. The number of ether oxygens (including phenoxy) is 1. The van der Waals surface area contributed by atoms with Crippen LogP contribution in [0.5, 0.6) is 0 Å². The van der Waals surface area contributed by atoms with Crippen LogP contribution in [0, 0.1) is 5.41 Å². The summed E-state index contributed by atoms with van der Waals surface area (Å²) < 4.78 is 6.07. The van der Waals surface area contributed by atoms with E-state index in [9.17, 15) is 4.79 Å². The lowest BCUT2D eigenvalue weighted by Crippen LogP contribution is -2.41. The van der Waals surface area contributed by atoms with Gasteiger partial charge in [0, 0.05) is 16.4 Å². The number of hydrogen-bond donors (Lipinski definition) is 0. The molecule has 0 aliphatic heterocycles. The first-order valence-corrected chi connectivity index (χ1v) is 8.90. The van der Waals surface area contributed by atoms with Crippen LogP contribution in [0.25, 0.3) is 0 Å². The molecule has 122 valence electrons. The normalized spacial score (nSPS) is 22.1. The standard InChI is InChI=1S/C19H28O2S/c1-18(2,3)17(20)21-15-11-13-9-7-8-10-14(13)12-16(15)22-19(4,5)6/h7-10,15-16H,11-12H2,1-6H3/t15-,16-/m1/s1. The predicted molar refractivity (Wildman–Crippen MR) is 94.3 cm³/mol. The Morgan fingerprint density at radius 3 is 2.09 bits per heavy atom. The summed E-state index contributed by atoms with van der Waals surface area (Å²) in [5, 5.41) is 0.321. The molecule has 0 heterocycles. The molecular formula is C19H28O2S. The van der Waals surface area contributed by atoms with E-state index in [0.717, 1.165) is 12.8 Å². The number of esters is 1. The van der Waals surface area contributed by atoms with Gasteiger partial charge in [-0.1, -0.05) is 45.0 Å². The quantitative estimate of drug-likeness (QED) is 0.742. The van der Waals surface area contributed by atoms with E-state index in [2.05, 4.69) is 45.0 Å². The fourth-order valence-electron chi connectivity index (χ4n) is 2.66. The molecule has 0 N–H and O–H groups in total. The van der Waals surface area contributed by atoms with E-state index in [1.54, 1.807) is 0 Å². The third-order valence-corrected chi connectivity index (χ3v) is 5.23. The van der Waals surface area contributed by atoms with Crippen LogP contribution >= 0.6 is 11.8 Å². The average molecular weight is 320 g/mol. The summed E-state index contributed by atoms with van der Waals surface area (Å²) in [4.78, 5) is 12.3. The van der Waals surface area contributed by atoms with E-state index < -0.39 is 5.41 Å². The molecule has 0 aromatic heterocycles. The van der Waals surface area contributed by atoms with Crippen LogP contribution in [-0.4, -0.2) is 22.1 Å². The molecule has 22 heavy (non-hydrogen) atoms. The van der Waals surface area contributed by atoms with Gasteiger partial charge < -0.3 is 4.74 Å². The first kappa shape index (κ1) is 17.4. The Hall–Kier alpha value is -0.960. The van der Waals surface area contributed by atoms with Crippen LogP contribution in [0.3, 0.4) is 0 Å². The van der Waals surface area contributed by atoms with E-state index in [1.165, 1.54) is 11.1 Å². The number of carbonyl (C=O) groups excluding carboxylic acids is 1. The molecule has 3 heteroatoms. The molecule has 0 bridgehead atoms. The Bertz CT molecular complexity index is 537. The van der Waals surface area contributed by atoms with Gasteiger partial charge in [-0.25, -0.2) is 0 Å². The molecule has 1 aliphatic rings. The third-order valence-electron chi connectivity index (χ3n) is 3.75. The van der Waals surface area contributed by atoms with Gasteiger partial charge in [0.15, 0.2) is 0 Å². The number of carbonyl (C=O) groups is 1. The van der Waals surface area contributed by atoms with Crippen LogP contribution < -0.4 is 0 Å². The van der Waals surface area contributed by atoms with Crippen molar-refractivity contribution in [2.24, 2.45) is 5.41 Å². The maximum atomic E-state index is 12.3. The Balaban J connectivity index is 2.22. The largest absolute Gasteiger partial charge is 0.460 e. The van der Waals surface area contributed by atoms with Crippen molar-refractivity contribution >= 4 is 17.7 Å². The molecule has 0 saturated carbocycles. The highest BCUT2D eigenvalue weighted by Crippen LogP contribution is 2.38. The van der Waals surface area contributed by atoms with E-state index >= 15 is 0 Å². The number of fused-ring (bicyclic) bond motifs is 1. The van der Waals surface area contributed by atoms with E-state index in [-0.39, 0.29) is 16.8 Å². The monoisotopic (exact) mass is 320 g/mol. The molecule has 0 saturated heterocycles. The molecule has 0 amide bonds. The SMILES string of the molecule is CC(C)(C)S[C@@H]1Cc2ccccc2C[C@H]1OC(=O)C(C)(C)C. The molecule has 0 radical (unpaired) electrons. The van der Waals surface area contributed by atoms with Crippen LogP contribution in [-0.2, 0) is 22.4 Å². The van der Waals surface area contributed by atoms with Crippen molar-refractivity contribution in [3.63, 3.8) is 0 Å². The maximum absolute atomic E-state index is 12.3. The average Bonchev–Trinajstić information content (AvgIpc) is 2.36. The zero-order valence-corrected chi connectivity index (χ0v) is 15.4. The summed E-state index contributed by atoms with van der Waals surface area (Å²) >= 11 is 1.92. The zero-order valence-electron chi connectivity index (χ0n) is 14.6. The Kier molecular flexibility index (Phi) is 4.96. The summed E-state index contributed by atoms with van der Waals surface area (Å²) in [6.45, 7) is 12.4. The number of hydrogen-bond acceptors (Lipinski definition) is 3. The second-order valence-electron chi connectivity index (χ2n) is 8.14. The minimum absolute atomic E-state index is 0.0363. The summed E-state index contributed by atoms with van der Waals surface area (Å²) in [6.07, 6.45) is 1.76. The molecule has 0 unspecified atom stereocenters. The molecular weight excluding hydrogens is 292 g/mol. The number of rotatable bonds is 2. The van der Waals surface area contributed by atoms with E-state index in [4.69, 9.17) is 4.74 Å². The van der Waals surface area contributed by atoms with Crippen molar-refractivity contribution in [3.8, 4) is 0 Å². The Labute approximate surface area is 139 Å². The van der Waals surface area contributed by atoms with Crippen LogP contribution in [0.4, 0.5) is 0 Å². The summed E-state index contributed by atoms with van der Waals surface area (Å²) in [5.74, 6) is -0.101. The highest BCUT2D eigenvalue weighted by molar-refractivity contribution is 8.01. The molecule has 1 aromatic rings. The predicted octanol–water partition coefficient (Wildman–Crippen LogP) is 4.64. The fourth-order valence-corrected chi connectivity index (χ4v) is 4.13. The van der Waals surface area contributed by atoms with Crippen molar-refractivity contribution in [2.75, 3.05) is 0 Å². The van der Waals surface area contributed by atoms with Crippen LogP contribution in [0.2, 0.25) is 0 Å². The van der Waals surface area contributed by atoms with Gasteiger partial charge in [0.25, 0.3) is 0 Å². The highest BCUT2D eigenvalue weighted by atomic mass is 32.2. The van der Waals surface area contributed by atoms with Crippen molar-refractivity contribution in [1.82, 2.24) is 0 Å². The summed E-state index contributed by atoms with van der Waals surface area (Å²) in [7, 11) is 0. The molecule has 0 fully saturated rings. The zero-order chi connectivity index (χ0) is 16.5. The van der Waals surface area contributed by atoms with Gasteiger partial charge in [0.1, 0.15) is 6.10 Å². The van der Waals surface area contributed by atoms with Gasteiger partial charge in [-0.3, -0.25) is 4.79 Å². The van der Waals surface area contributed by atoms with Gasteiger partial charge in [-0.2, -0.15) is 0 Å². The highest BCUT2D eigenvalue weighted by Gasteiger charge is 2.36. The lowest BCUT2D eigenvalue weighted by atomic mass is 9.89. The Morgan fingerprint density at radius 1 is 1.05 bits per heavy atom. The fraction of sp³-hybridized carbons (Fsp3) is 0.632. The minimum atomic E-state index is -0.450. The van der Waals surface area contributed by atoms with Crippen molar-refractivity contribution in [1.29, 1.82) is 0 Å². The van der Waals surface area contributed by atoms with E-state index in [0.29, 0.717) is 5.25 Å². The lowest BCUT2D eigenvalue weighted by molar-refractivity contribution is -0.158. The summed E-state index contributed by atoms with van der Waals surface area (Å²) in [6, 6.07) is 8.52. The Morgan fingerprint density at radius 2 is 1.59 bits per heavy atom. The minimum Gasteiger partial charge on any atom is -0.460 e. The second kappa shape index (κ2) is 6.27. The second-order valence-corrected chi connectivity index (χ2v) is 10.2. The maximum Gasteiger partial charge on any atom is 0.311 e. The lowest BCUT2D eigenvalue weighted by Gasteiger charge is -2.37. The molecule has 1 aliphatic carbocycles.